The van der Waals surface area contributed by atoms with Gasteiger partial charge in [0, 0.05) is 26.2 Å². The minimum atomic E-state index is -4.43. The van der Waals surface area contributed by atoms with Gasteiger partial charge < -0.3 is 10.1 Å². The van der Waals surface area contributed by atoms with E-state index in [1.807, 2.05) is 0 Å². The Labute approximate surface area is 130 Å². The summed E-state index contributed by atoms with van der Waals surface area (Å²) in [5, 5.41) is 2.99. The van der Waals surface area contributed by atoms with E-state index in [-0.39, 0.29) is 36.8 Å². The van der Waals surface area contributed by atoms with E-state index in [1.165, 1.54) is 17.0 Å². The molecule has 1 aliphatic heterocycles. The Morgan fingerprint density at radius 2 is 1.59 bits per heavy atom. The molecule has 0 amide bonds. The number of rotatable bonds is 4. The van der Waals surface area contributed by atoms with Gasteiger partial charge in [-0.2, -0.15) is 22.0 Å². The van der Waals surface area contributed by atoms with Gasteiger partial charge in [0.25, 0.3) is 0 Å². The molecule has 1 fully saturated rings. The average molecular weight is 347 g/mol. The summed E-state index contributed by atoms with van der Waals surface area (Å²) >= 11 is 0. The highest BCUT2D eigenvalue weighted by atomic mass is 35.5. The fourth-order valence-electron chi connectivity index (χ4n) is 2.38. The van der Waals surface area contributed by atoms with E-state index in [0.29, 0.717) is 13.1 Å². The van der Waals surface area contributed by atoms with Gasteiger partial charge >= 0.3 is 12.8 Å². The van der Waals surface area contributed by atoms with Gasteiger partial charge in [-0.1, -0.05) is 12.1 Å². The maximum atomic E-state index is 13.3. The number of hydrogen-bond acceptors (Lipinski definition) is 3. The lowest BCUT2D eigenvalue weighted by Gasteiger charge is -2.36. The first-order valence-corrected chi connectivity index (χ1v) is 6.44. The van der Waals surface area contributed by atoms with Crippen molar-refractivity contribution in [3.8, 4) is 5.75 Å². The third kappa shape index (κ3) is 4.96. The Hall–Kier alpha value is -1.12. The molecule has 22 heavy (non-hydrogen) atoms. The first kappa shape index (κ1) is 18.9. The number of hydrogen-bond donors (Lipinski definition) is 1. The Morgan fingerprint density at radius 3 is 2.05 bits per heavy atom. The van der Waals surface area contributed by atoms with Crippen LogP contribution in [0.25, 0.3) is 0 Å². The Balaban J connectivity index is 0.00000242. The molecule has 1 saturated heterocycles. The quantitative estimate of drug-likeness (QED) is 0.847. The predicted octanol–water partition coefficient (Wildman–Crippen LogP) is 3.22. The first-order chi connectivity index (χ1) is 9.88. The Kier molecular flexibility index (Phi) is 6.83. The van der Waals surface area contributed by atoms with E-state index < -0.39 is 18.8 Å². The van der Waals surface area contributed by atoms with Crippen molar-refractivity contribution in [2.24, 2.45) is 0 Å². The number of piperazine rings is 1. The summed E-state index contributed by atoms with van der Waals surface area (Å²) in [6.07, 6.45) is -4.43. The second-order valence-corrected chi connectivity index (χ2v) is 4.68. The lowest BCUT2D eigenvalue weighted by Crippen LogP contribution is -2.49. The summed E-state index contributed by atoms with van der Waals surface area (Å²) < 4.78 is 68.1. The van der Waals surface area contributed by atoms with Crippen molar-refractivity contribution in [3.05, 3.63) is 29.8 Å². The molecule has 0 spiro atoms. The smallest absolute Gasteiger partial charge is 0.408 e. The van der Waals surface area contributed by atoms with Crippen molar-refractivity contribution in [2.45, 2.75) is 18.8 Å². The molecular formula is C13H16ClF5N2O. The van der Waals surface area contributed by atoms with Crippen LogP contribution in [0.5, 0.6) is 5.75 Å². The van der Waals surface area contributed by atoms with Crippen LogP contribution in [0.4, 0.5) is 22.0 Å². The molecule has 0 aromatic heterocycles. The standard InChI is InChI=1S/C13H15F5N2O.ClH/c14-12(15)21-10-3-1-9(2-4-10)11(13(16,17)18)20-7-5-19-6-8-20;/h1-4,11-12,19H,5-8H2;1H/t11-;/m1./s1. The van der Waals surface area contributed by atoms with Crippen molar-refractivity contribution in [2.75, 3.05) is 26.2 Å². The third-order valence-corrected chi connectivity index (χ3v) is 3.25. The lowest BCUT2D eigenvalue weighted by atomic mass is 10.0. The zero-order valence-corrected chi connectivity index (χ0v) is 12.3. The normalized spacial score (nSPS) is 17.9. The summed E-state index contributed by atoms with van der Waals surface area (Å²) in [5.74, 6) is -0.157. The van der Waals surface area contributed by atoms with Gasteiger partial charge in [0.05, 0.1) is 0 Å². The zero-order chi connectivity index (χ0) is 15.5. The van der Waals surface area contributed by atoms with Crippen LogP contribution in [0, 0.1) is 0 Å². The maximum absolute atomic E-state index is 13.3. The minimum absolute atomic E-state index is 0. The molecule has 1 aromatic carbocycles. The average Bonchev–Trinajstić information content (AvgIpc) is 2.40. The van der Waals surface area contributed by atoms with Gasteiger partial charge in [-0.05, 0) is 17.7 Å². The topological polar surface area (TPSA) is 24.5 Å². The lowest BCUT2D eigenvalue weighted by molar-refractivity contribution is -0.187. The molecule has 1 N–H and O–H groups in total. The predicted molar refractivity (Wildman–Crippen MR) is 73.6 cm³/mol. The van der Waals surface area contributed by atoms with E-state index in [2.05, 4.69) is 10.1 Å². The van der Waals surface area contributed by atoms with Crippen molar-refractivity contribution >= 4 is 12.4 Å². The molecule has 0 unspecified atom stereocenters. The highest BCUT2D eigenvalue weighted by molar-refractivity contribution is 5.85. The highest BCUT2D eigenvalue weighted by Gasteiger charge is 2.44. The number of benzene rings is 1. The maximum Gasteiger partial charge on any atom is 0.408 e. The molecule has 0 aliphatic carbocycles. The summed E-state index contributed by atoms with van der Waals surface area (Å²) in [6.45, 7) is -1.47. The number of ether oxygens (including phenoxy) is 1. The van der Waals surface area contributed by atoms with Crippen LogP contribution in [0.3, 0.4) is 0 Å². The van der Waals surface area contributed by atoms with Gasteiger partial charge in [0.1, 0.15) is 11.8 Å². The van der Waals surface area contributed by atoms with E-state index in [4.69, 9.17) is 0 Å². The Morgan fingerprint density at radius 1 is 1.05 bits per heavy atom. The third-order valence-electron chi connectivity index (χ3n) is 3.25. The second-order valence-electron chi connectivity index (χ2n) is 4.68. The van der Waals surface area contributed by atoms with Crippen LogP contribution in [0.1, 0.15) is 11.6 Å². The largest absolute Gasteiger partial charge is 0.435 e. The molecule has 1 aromatic rings. The fraction of sp³-hybridized carbons (Fsp3) is 0.538. The van der Waals surface area contributed by atoms with Crippen LogP contribution in [-0.2, 0) is 0 Å². The Bertz CT molecular complexity index is 449. The van der Waals surface area contributed by atoms with E-state index in [1.54, 1.807) is 0 Å². The molecule has 1 heterocycles. The first-order valence-electron chi connectivity index (χ1n) is 6.44. The van der Waals surface area contributed by atoms with Gasteiger partial charge in [-0.3, -0.25) is 4.90 Å². The summed E-state index contributed by atoms with van der Waals surface area (Å²) in [7, 11) is 0. The van der Waals surface area contributed by atoms with Crippen molar-refractivity contribution in [1.29, 1.82) is 0 Å². The van der Waals surface area contributed by atoms with E-state index in [0.717, 1.165) is 12.1 Å². The number of halogens is 6. The summed E-state index contributed by atoms with van der Waals surface area (Å²) in [4.78, 5) is 1.33. The molecule has 3 nitrogen and oxygen atoms in total. The van der Waals surface area contributed by atoms with Gasteiger partial charge in [0.2, 0.25) is 0 Å². The van der Waals surface area contributed by atoms with Crippen LogP contribution >= 0.6 is 12.4 Å². The monoisotopic (exact) mass is 346 g/mol. The second kappa shape index (κ2) is 7.94. The molecule has 1 atom stereocenters. The van der Waals surface area contributed by atoms with Gasteiger partial charge in [0.15, 0.2) is 0 Å². The fourth-order valence-corrected chi connectivity index (χ4v) is 2.38. The molecule has 126 valence electrons. The SMILES string of the molecule is Cl.FC(F)Oc1ccc([C@@H](N2CCNCC2)C(F)(F)F)cc1. The van der Waals surface area contributed by atoms with Crippen LogP contribution in [-0.4, -0.2) is 43.9 Å². The van der Waals surface area contributed by atoms with Gasteiger partial charge in [-0.15, -0.1) is 12.4 Å². The van der Waals surface area contributed by atoms with Crippen molar-refractivity contribution in [1.82, 2.24) is 10.2 Å². The number of alkyl halides is 5. The van der Waals surface area contributed by atoms with E-state index in [9.17, 15) is 22.0 Å². The molecule has 0 radical (unpaired) electrons. The van der Waals surface area contributed by atoms with Crippen LogP contribution in [0.2, 0.25) is 0 Å². The number of nitrogens with one attached hydrogen (secondary N) is 1. The molecule has 0 bridgehead atoms. The molecular weight excluding hydrogens is 331 g/mol. The summed E-state index contributed by atoms with van der Waals surface area (Å²) in [5.41, 5.74) is 0.0195. The van der Waals surface area contributed by atoms with Crippen LogP contribution < -0.4 is 10.1 Å². The molecule has 2 rings (SSSR count). The van der Waals surface area contributed by atoms with Crippen molar-refractivity contribution in [3.63, 3.8) is 0 Å². The highest BCUT2D eigenvalue weighted by Crippen LogP contribution is 2.38. The molecule has 1 aliphatic rings. The summed E-state index contributed by atoms with van der Waals surface area (Å²) in [6, 6.07) is 2.88. The molecule has 9 heteroatoms. The van der Waals surface area contributed by atoms with E-state index >= 15 is 0 Å². The van der Waals surface area contributed by atoms with Crippen molar-refractivity contribution < 1.29 is 26.7 Å². The van der Waals surface area contributed by atoms with Gasteiger partial charge in [-0.25, -0.2) is 0 Å². The van der Waals surface area contributed by atoms with Crippen LogP contribution in [0.15, 0.2) is 24.3 Å². The molecule has 0 saturated carbocycles. The zero-order valence-electron chi connectivity index (χ0n) is 11.4. The minimum Gasteiger partial charge on any atom is -0.435 e. The number of nitrogens with zero attached hydrogens (tertiary/aromatic N) is 1.